The van der Waals surface area contributed by atoms with E-state index in [1.54, 1.807) is 12.2 Å². The Morgan fingerprint density at radius 3 is 1.46 bits per heavy atom. The number of unbranched alkanes of at least 4 members (excludes halogenated alkanes) is 7. The maximum atomic E-state index is 13.1. The summed E-state index contributed by atoms with van der Waals surface area (Å²) < 4.78 is 33.9. The summed E-state index contributed by atoms with van der Waals surface area (Å²) >= 11 is 0. The van der Waals surface area contributed by atoms with E-state index >= 15 is 0 Å². The lowest BCUT2D eigenvalue weighted by molar-refractivity contribution is -0.155. The third-order valence-electron chi connectivity index (χ3n) is 12.1. The number of nitrogens with one attached hydrogen (secondary N) is 1. The van der Waals surface area contributed by atoms with Crippen molar-refractivity contribution in [1.82, 2.24) is 10.2 Å². The monoisotopic (exact) mass is 973 g/mol. The van der Waals surface area contributed by atoms with Crippen LogP contribution in [0.3, 0.4) is 0 Å². The van der Waals surface area contributed by atoms with Crippen LogP contribution in [0.25, 0.3) is 0 Å². The quantitative estimate of drug-likeness (QED) is 0.0266. The van der Waals surface area contributed by atoms with Gasteiger partial charge in [-0.2, -0.15) is 0 Å². The lowest BCUT2D eigenvalue weighted by Crippen LogP contribution is -2.35. The zero-order valence-corrected chi connectivity index (χ0v) is 43.9. The van der Waals surface area contributed by atoms with Gasteiger partial charge in [-0.1, -0.05) is 75.5 Å². The van der Waals surface area contributed by atoms with Crippen LogP contribution in [0.5, 0.6) is 0 Å². The van der Waals surface area contributed by atoms with E-state index in [1.165, 1.54) is 24.0 Å². The number of hydrogen-bond donors (Lipinski definition) is 1. The van der Waals surface area contributed by atoms with Gasteiger partial charge in [0.2, 0.25) is 0 Å². The smallest absolute Gasteiger partial charge is 0.407 e. The number of ether oxygens (including phenoxy) is 6. The van der Waals surface area contributed by atoms with Crippen LogP contribution in [0.4, 0.5) is 4.79 Å². The third-order valence-corrected chi connectivity index (χ3v) is 12.1. The second-order valence-electron chi connectivity index (χ2n) is 19.5. The van der Waals surface area contributed by atoms with Gasteiger partial charge in [0, 0.05) is 45.2 Å². The molecule has 0 radical (unpaired) electrons. The van der Waals surface area contributed by atoms with Gasteiger partial charge < -0.3 is 38.6 Å². The first-order chi connectivity index (χ1) is 32.9. The van der Waals surface area contributed by atoms with Crippen LogP contribution in [0, 0.1) is 5.92 Å². The van der Waals surface area contributed by atoms with Crippen molar-refractivity contribution in [1.29, 1.82) is 0 Å². The summed E-state index contributed by atoms with van der Waals surface area (Å²) in [5.74, 6) is -2.67. The van der Waals surface area contributed by atoms with Crippen LogP contribution in [-0.2, 0) is 52.4 Å². The van der Waals surface area contributed by atoms with Crippen molar-refractivity contribution in [2.75, 3.05) is 46.0 Å². The molecule has 0 bridgehead atoms. The van der Waals surface area contributed by atoms with Crippen LogP contribution in [0.2, 0.25) is 0 Å². The number of esters is 5. The van der Waals surface area contributed by atoms with Crippen molar-refractivity contribution >= 4 is 35.9 Å². The number of alkyl carbamates (subject to hydrolysis) is 1. The van der Waals surface area contributed by atoms with Gasteiger partial charge in [-0.25, -0.2) is 4.79 Å². The van der Waals surface area contributed by atoms with E-state index in [2.05, 4.69) is 42.5 Å². The van der Waals surface area contributed by atoms with Gasteiger partial charge in [-0.15, -0.1) is 0 Å². The van der Waals surface area contributed by atoms with Gasteiger partial charge in [-0.05, 0) is 150 Å². The van der Waals surface area contributed by atoms with Crippen molar-refractivity contribution in [3.8, 4) is 0 Å². The second-order valence-corrected chi connectivity index (χ2v) is 19.5. The molecule has 3 unspecified atom stereocenters. The Labute approximate surface area is 416 Å². The first-order valence-corrected chi connectivity index (χ1v) is 26.0. The van der Waals surface area contributed by atoms with Crippen molar-refractivity contribution in [2.45, 2.75) is 213 Å². The molecule has 1 aliphatic heterocycles. The van der Waals surface area contributed by atoms with Crippen molar-refractivity contribution < 1.29 is 57.2 Å². The van der Waals surface area contributed by atoms with Crippen molar-refractivity contribution in [3.05, 3.63) is 48.6 Å². The molecule has 14 nitrogen and oxygen atoms in total. The molecule has 14 heteroatoms. The van der Waals surface area contributed by atoms with Gasteiger partial charge in [-0.3, -0.25) is 24.0 Å². The van der Waals surface area contributed by atoms with Crippen molar-refractivity contribution in [3.63, 3.8) is 0 Å². The number of allylic oxidation sites excluding steroid dienone is 4. The van der Waals surface area contributed by atoms with E-state index in [0.717, 1.165) is 58.2 Å². The Hall–Kier alpha value is -4.46. The molecule has 0 aromatic rings. The van der Waals surface area contributed by atoms with E-state index in [0.29, 0.717) is 70.8 Å². The molecule has 1 heterocycles. The number of nitrogens with zero attached hydrogens (tertiary/aromatic N) is 1. The second kappa shape index (κ2) is 37.4. The first-order valence-electron chi connectivity index (χ1n) is 26.0. The predicted molar refractivity (Wildman–Crippen MR) is 271 cm³/mol. The normalized spacial score (nSPS) is 14.9. The first kappa shape index (κ1) is 62.6. The molecule has 0 aromatic heterocycles. The summed E-state index contributed by atoms with van der Waals surface area (Å²) in [5.41, 5.74) is 0.894. The summed E-state index contributed by atoms with van der Waals surface area (Å²) in [7, 11) is 0. The summed E-state index contributed by atoms with van der Waals surface area (Å²) in [4.78, 5) is 78.8. The van der Waals surface area contributed by atoms with E-state index in [4.69, 9.17) is 28.4 Å². The Balaban J connectivity index is 2.72. The van der Waals surface area contributed by atoms with Crippen LogP contribution in [-0.4, -0.2) is 104 Å². The molecule has 1 saturated heterocycles. The van der Waals surface area contributed by atoms with E-state index in [9.17, 15) is 28.8 Å². The molecule has 0 spiro atoms. The molecule has 1 aliphatic rings. The highest BCUT2D eigenvalue weighted by Gasteiger charge is 2.26. The highest BCUT2D eigenvalue weighted by atomic mass is 16.6. The van der Waals surface area contributed by atoms with Gasteiger partial charge >= 0.3 is 35.9 Å². The molecule has 1 rings (SSSR count). The summed E-state index contributed by atoms with van der Waals surface area (Å²) in [5, 5.41) is 2.85. The largest absolute Gasteiger partial charge is 0.465 e. The van der Waals surface area contributed by atoms with Crippen LogP contribution in [0.15, 0.2) is 48.6 Å². The third kappa shape index (κ3) is 33.7. The topological polar surface area (TPSA) is 173 Å². The molecule has 1 fully saturated rings. The Kier molecular flexibility index (Phi) is 33.9. The number of likely N-dealkylation sites (tertiary alicyclic amines) is 1. The molecule has 0 aromatic carbocycles. The highest BCUT2D eigenvalue weighted by molar-refractivity contribution is 5.72. The van der Waals surface area contributed by atoms with E-state index in [-0.39, 0.29) is 63.9 Å². The van der Waals surface area contributed by atoms with Gasteiger partial charge in [0.25, 0.3) is 0 Å². The molecule has 0 aliphatic carbocycles. The fourth-order valence-corrected chi connectivity index (χ4v) is 7.59. The lowest BCUT2D eigenvalue weighted by atomic mass is 9.99. The predicted octanol–water partition coefficient (Wildman–Crippen LogP) is 11.5. The average molecular weight is 973 g/mol. The number of carbonyl (C=O) groups excluding carboxylic acids is 6. The molecular weight excluding hydrogens is 881 g/mol. The summed E-state index contributed by atoms with van der Waals surface area (Å²) in [6.07, 6.45) is 20.7. The Morgan fingerprint density at radius 1 is 0.594 bits per heavy atom. The average Bonchev–Trinajstić information content (AvgIpc) is 3.82. The molecule has 0 saturated carbocycles. The Bertz CT molecular complexity index is 1520. The van der Waals surface area contributed by atoms with Crippen LogP contribution in [0.1, 0.15) is 196 Å². The van der Waals surface area contributed by atoms with Crippen molar-refractivity contribution in [2.24, 2.45) is 5.92 Å². The molecule has 394 valence electrons. The number of rotatable bonds is 40. The molecule has 1 amide bonds. The number of amides is 1. The van der Waals surface area contributed by atoms with Crippen LogP contribution >= 0.6 is 0 Å². The summed E-state index contributed by atoms with van der Waals surface area (Å²) in [6.45, 7) is 24.5. The maximum absolute atomic E-state index is 13.1. The number of hydrogen-bond acceptors (Lipinski definition) is 13. The SMILES string of the molecule is C=CC(C)(CCC=C(C)C)OC(=O)CCCCCC(=O)OCC(COC(=O)CCCCCC(=O)OC(C)(C=C)CCC=C(C)C)COC(=O)CCC(CCCCCC)OC(=O)NCCN1CCCC1. The van der Waals surface area contributed by atoms with Crippen LogP contribution < -0.4 is 5.32 Å². The minimum atomic E-state index is -0.752. The van der Waals surface area contributed by atoms with E-state index in [1.807, 2.05) is 41.5 Å². The molecule has 69 heavy (non-hydrogen) atoms. The van der Waals surface area contributed by atoms with Gasteiger partial charge in [0.1, 0.15) is 37.1 Å². The molecular formula is C55H92N2O12. The fraction of sp³-hybridized carbons (Fsp3) is 0.745. The zero-order chi connectivity index (χ0) is 51.3. The summed E-state index contributed by atoms with van der Waals surface area (Å²) in [6, 6.07) is 0. The lowest BCUT2D eigenvalue weighted by Gasteiger charge is -2.25. The maximum Gasteiger partial charge on any atom is 0.407 e. The highest BCUT2D eigenvalue weighted by Crippen LogP contribution is 2.23. The number of carbonyl (C=O) groups is 6. The zero-order valence-electron chi connectivity index (χ0n) is 43.9. The minimum absolute atomic E-state index is 0.0122. The minimum Gasteiger partial charge on any atom is -0.465 e. The van der Waals surface area contributed by atoms with Gasteiger partial charge in [0.05, 0.1) is 5.92 Å². The fourth-order valence-electron chi connectivity index (χ4n) is 7.59. The van der Waals surface area contributed by atoms with E-state index < -0.39 is 47.2 Å². The van der Waals surface area contributed by atoms with Gasteiger partial charge in [0.15, 0.2) is 0 Å². The standard InChI is InChI=1S/C55H92N2O12/c1-10-13-14-17-28-47(67-53(63)56-37-40-57-38-22-23-39-57)33-34-50(60)66-43-46(41-64-48(58)29-18-15-20-31-51(61)68-54(8,11-2)35-24-26-44(4)5)42-65-49(59)30-19-16-21-32-52(62)69-55(9,12-3)36-25-27-45(6)7/h11-12,26-27,46-47H,2-3,10,13-25,28-43H2,1,4-9H3,(H,56,63). The molecule has 3 atom stereocenters. The Morgan fingerprint density at radius 2 is 1.03 bits per heavy atom. The molecule has 1 N–H and O–H groups in total.